The van der Waals surface area contributed by atoms with Crippen molar-refractivity contribution in [3.8, 4) is 0 Å². The highest BCUT2D eigenvalue weighted by atomic mass is 16.4. The van der Waals surface area contributed by atoms with Crippen LogP contribution in [0.4, 0.5) is 0 Å². The average molecular weight is 254 g/mol. The molecular formula is C12H22N4O2. The van der Waals surface area contributed by atoms with Gasteiger partial charge in [0.15, 0.2) is 0 Å². The van der Waals surface area contributed by atoms with Crippen molar-refractivity contribution in [3.63, 3.8) is 0 Å². The van der Waals surface area contributed by atoms with Gasteiger partial charge in [-0.1, -0.05) is 6.92 Å². The molecule has 0 radical (unpaired) electrons. The third-order valence-electron chi connectivity index (χ3n) is 3.12. The summed E-state index contributed by atoms with van der Waals surface area (Å²) in [7, 11) is 0. The summed E-state index contributed by atoms with van der Waals surface area (Å²) >= 11 is 0. The lowest BCUT2D eigenvalue weighted by atomic mass is 10.0. The Labute approximate surface area is 107 Å². The maximum Gasteiger partial charge on any atom is 0.320 e. The quantitative estimate of drug-likeness (QED) is 0.346. The van der Waals surface area contributed by atoms with E-state index in [-0.39, 0.29) is 6.04 Å². The molecule has 0 amide bonds. The highest BCUT2D eigenvalue weighted by Gasteiger charge is 2.22. The predicted molar refractivity (Wildman–Crippen MR) is 72.0 cm³/mol. The Balaban J connectivity index is 2.20. The number of carboxylic acid groups (broad SMARTS) is 1. The van der Waals surface area contributed by atoms with Crippen LogP contribution in [0.25, 0.3) is 0 Å². The molecule has 0 saturated heterocycles. The topological polar surface area (TPSA) is 114 Å². The van der Waals surface area contributed by atoms with E-state index in [4.69, 9.17) is 16.6 Å². The Morgan fingerprint density at radius 2 is 2.33 bits per heavy atom. The van der Waals surface area contributed by atoms with Crippen molar-refractivity contribution in [2.24, 2.45) is 27.4 Å². The normalized spacial score (nSPS) is 25.3. The van der Waals surface area contributed by atoms with Crippen molar-refractivity contribution in [2.45, 2.75) is 44.7 Å². The van der Waals surface area contributed by atoms with Gasteiger partial charge < -0.3 is 16.6 Å². The number of nitrogens with two attached hydrogens (primary N) is 2. The Morgan fingerprint density at radius 1 is 1.61 bits per heavy atom. The molecule has 5 N–H and O–H groups in total. The number of carboxylic acids is 1. The SMILES string of the molecule is C[C@@H]1CC=N[C@H]1C(N)=NCCCC[C@H](N)C(=O)O. The van der Waals surface area contributed by atoms with Gasteiger partial charge in [0.25, 0.3) is 0 Å². The summed E-state index contributed by atoms with van der Waals surface area (Å²) in [4.78, 5) is 19.1. The first-order valence-corrected chi connectivity index (χ1v) is 6.32. The molecule has 1 aliphatic heterocycles. The monoisotopic (exact) mass is 254 g/mol. The molecule has 1 rings (SSSR count). The zero-order valence-corrected chi connectivity index (χ0v) is 10.7. The van der Waals surface area contributed by atoms with Gasteiger partial charge in [-0.25, -0.2) is 0 Å². The molecule has 1 aliphatic rings. The summed E-state index contributed by atoms with van der Waals surface area (Å²) in [6.45, 7) is 2.71. The van der Waals surface area contributed by atoms with E-state index in [0.29, 0.717) is 24.7 Å². The molecule has 18 heavy (non-hydrogen) atoms. The summed E-state index contributed by atoms with van der Waals surface area (Å²) in [5.41, 5.74) is 11.3. The zero-order valence-electron chi connectivity index (χ0n) is 10.7. The molecule has 6 nitrogen and oxygen atoms in total. The molecule has 1 heterocycles. The molecule has 0 aliphatic carbocycles. The van der Waals surface area contributed by atoms with E-state index in [1.54, 1.807) is 0 Å². The fourth-order valence-corrected chi connectivity index (χ4v) is 1.89. The third kappa shape index (κ3) is 4.44. The minimum absolute atomic E-state index is 0.0197. The lowest BCUT2D eigenvalue weighted by molar-refractivity contribution is -0.138. The van der Waals surface area contributed by atoms with Crippen LogP contribution < -0.4 is 11.5 Å². The molecule has 0 aromatic carbocycles. The smallest absolute Gasteiger partial charge is 0.320 e. The number of amidine groups is 1. The van der Waals surface area contributed by atoms with Gasteiger partial charge in [0, 0.05) is 6.54 Å². The number of hydrogen-bond acceptors (Lipinski definition) is 4. The van der Waals surface area contributed by atoms with Crippen LogP contribution in [0, 0.1) is 5.92 Å². The number of nitrogens with zero attached hydrogens (tertiary/aromatic N) is 2. The van der Waals surface area contributed by atoms with Crippen LogP contribution in [0.1, 0.15) is 32.6 Å². The van der Waals surface area contributed by atoms with Crippen LogP contribution in [0.3, 0.4) is 0 Å². The van der Waals surface area contributed by atoms with Crippen LogP contribution in [0.15, 0.2) is 9.98 Å². The van der Waals surface area contributed by atoms with Crippen molar-refractivity contribution < 1.29 is 9.90 Å². The van der Waals surface area contributed by atoms with Crippen molar-refractivity contribution in [2.75, 3.05) is 6.54 Å². The largest absolute Gasteiger partial charge is 0.480 e. The van der Waals surface area contributed by atoms with Crippen LogP contribution >= 0.6 is 0 Å². The molecule has 0 bridgehead atoms. The summed E-state index contributed by atoms with van der Waals surface area (Å²) in [5.74, 6) is 0.0556. The molecule has 6 heteroatoms. The molecule has 0 aromatic heterocycles. The highest BCUT2D eigenvalue weighted by molar-refractivity contribution is 5.89. The second kappa shape index (κ2) is 7.10. The van der Waals surface area contributed by atoms with Crippen molar-refractivity contribution in [1.82, 2.24) is 0 Å². The first kappa shape index (κ1) is 14.6. The zero-order chi connectivity index (χ0) is 13.5. The van der Waals surface area contributed by atoms with Crippen LogP contribution in [0.2, 0.25) is 0 Å². The van der Waals surface area contributed by atoms with Gasteiger partial charge in [-0.2, -0.15) is 0 Å². The first-order valence-electron chi connectivity index (χ1n) is 6.32. The molecule has 0 fully saturated rings. The Morgan fingerprint density at radius 3 is 2.89 bits per heavy atom. The van der Waals surface area contributed by atoms with E-state index in [1.807, 2.05) is 6.21 Å². The van der Waals surface area contributed by atoms with E-state index >= 15 is 0 Å². The van der Waals surface area contributed by atoms with E-state index < -0.39 is 12.0 Å². The molecule has 102 valence electrons. The molecule has 0 aromatic rings. The minimum atomic E-state index is -0.952. The van der Waals surface area contributed by atoms with Gasteiger partial charge >= 0.3 is 5.97 Å². The van der Waals surface area contributed by atoms with Gasteiger partial charge in [0.05, 0.1) is 0 Å². The lowest BCUT2D eigenvalue weighted by Gasteiger charge is -2.12. The lowest BCUT2D eigenvalue weighted by Crippen LogP contribution is -2.31. The maximum absolute atomic E-state index is 10.5. The van der Waals surface area contributed by atoms with E-state index in [9.17, 15) is 4.79 Å². The summed E-state index contributed by atoms with van der Waals surface area (Å²) in [6, 6.07) is -0.753. The standard InChI is InChI=1S/C12H22N4O2/c1-8-5-7-15-10(8)11(14)16-6-3-2-4-9(13)12(17)18/h7-10H,2-6,13H2,1H3,(H2,14,16)(H,17,18)/t8-,9+,10-/m1/s1. The minimum Gasteiger partial charge on any atom is -0.480 e. The Kier molecular flexibility index (Phi) is 5.77. The van der Waals surface area contributed by atoms with Gasteiger partial charge in [0.2, 0.25) is 0 Å². The van der Waals surface area contributed by atoms with E-state index in [1.165, 1.54) is 0 Å². The highest BCUT2D eigenvalue weighted by Crippen LogP contribution is 2.16. The van der Waals surface area contributed by atoms with Gasteiger partial charge in [-0.3, -0.25) is 14.8 Å². The number of carbonyl (C=O) groups is 1. The number of rotatable bonds is 7. The number of aliphatic carboxylic acids is 1. The summed E-state index contributed by atoms with van der Waals surface area (Å²) in [5, 5.41) is 8.61. The summed E-state index contributed by atoms with van der Waals surface area (Å²) in [6.07, 6.45) is 4.86. The Hall–Kier alpha value is -1.43. The predicted octanol–water partition coefficient (Wildman–Crippen LogP) is 0.405. The van der Waals surface area contributed by atoms with Crippen LogP contribution in [-0.4, -0.2) is 41.8 Å². The second-order valence-electron chi connectivity index (χ2n) is 4.74. The molecule has 3 atom stereocenters. The van der Waals surface area contributed by atoms with Gasteiger partial charge in [-0.15, -0.1) is 0 Å². The number of aliphatic imine (C=N–C) groups is 2. The second-order valence-corrected chi connectivity index (χ2v) is 4.74. The van der Waals surface area contributed by atoms with Gasteiger partial charge in [-0.05, 0) is 37.8 Å². The summed E-state index contributed by atoms with van der Waals surface area (Å²) < 4.78 is 0. The van der Waals surface area contributed by atoms with Crippen LogP contribution in [-0.2, 0) is 4.79 Å². The molecule has 0 saturated carbocycles. The third-order valence-corrected chi connectivity index (χ3v) is 3.12. The maximum atomic E-state index is 10.5. The number of hydrogen-bond donors (Lipinski definition) is 3. The molecule has 0 unspecified atom stereocenters. The van der Waals surface area contributed by atoms with Crippen molar-refractivity contribution in [1.29, 1.82) is 0 Å². The van der Waals surface area contributed by atoms with Crippen molar-refractivity contribution >= 4 is 18.0 Å². The van der Waals surface area contributed by atoms with Gasteiger partial charge in [0.1, 0.15) is 17.9 Å². The number of unbranched alkanes of at least 4 members (excludes halogenated alkanes) is 1. The Bertz CT molecular complexity index is 341. The molecule has 0 spiro atoms. The molecular weight excluding hydrogens is 232 g/mol. The van der Waals surface area contributed by atoms with E-state index in [0.717, 1.165) is 19.3 Å². The fraction of sp³-hybridized carbons (Fsp3) is 0.750. The average Bonchev–Trinajstić information content (AvgIpc) is 2.74. The van der Waals surface area contributed by atoms with Crippen molar-refractivity contribution in [3.05, 3.63) is 0 Å². The fourth-order valence-electron chi connectivity index (χ4n) is 1.89. The van der Waals surface area contributed by atoms with Crippen LogP contribution in [0.5, 0.6) is 0 Å². The first-order chi connectivity index (χ1) is 8.52. The van der Waals surface area contributed by atoms with E-state index in [2.05, 4.69) is 16.9 Å².